The maximum Gasteiger partial charge on any atom is 0.144 e. The summed E-state index contributed by atoms with van der Waals surface area (Å²) in [5.41, 5.74) is 0.764. The van der Waals surface area contributed by atoms with Gasteiger partial charge in [0.15, 0.2) is 0 Å². The molecule has 2 aromatic rings. The zero-order valence-electron chi connectivity index (χ0n) is 10.2. The molecular formula is C14H11ClFN3. The molecule has 3 nitrogen and oxygen atoms in total. The SMILES string of the molecule is CC(Nc1ncccc1C#N)c1c(F)cccc1Cl. The molecule has 5 heteroatoms. The number of pyridine rings is 1. The van der Waals surface area contributed by atoms with Crippen LogP contribution in [0.1, 0.15) is 24.1 Å². The third-order valence-electron chi connectivity index (χ3n) is 2.71. The van der Waals surface area contributed by atoms with Gasteiger partial charge < -0.3 is 5.32 Å². The molecule has 1 aromatic carbocycles. The molecule has 0 aliphatic heterocycles. The molecular weight excluding hydrogens is 265 g/mol. The molecule has 1 atom stereocenters. The van der Waals surface area contributed by atoms with Gasteiger partial charge in [-0.05, 0) is 31.2 Å². The lowest BCUT2D eigenvalue weighted by Gasteiger charge is -2.17. The molecule has 1 unspecified atom stereocenters. The summed E-state index contributed by atoms with van der Waals surface area (Å²) in [7, 11) is 0. The number of rotatable bonds is 3. The fourth-order valence-electron chi connectivity index (χ4n) is 1.81. The first-order chi connectivity index (χ1) is 9.13. The van der Waals surface area contributed by atoms with Crippen LogP contribution in [0.3, 0.4) is 0 Å². The number of nitrogens with zero attached hydrogens (tertiary/aromatic N) is 2. The monoisotopic (exact) mass is 275 g/mol. The van der Waals surface area contributed by atoms with Crippen LogP contribution in [-0.4, -0.2) is 4.98 Å². The van der Waals surface area contributed by atoms with Gasteiger partial charge >= 0.3 is 0 Å². The second-order valence-electron chi connectivity index (χ2n) is 4.01. The molecule has 0 radical (unpaired) electrons. The smallest absolute Gasteiger partial charge is 0.144 e. The maximum atomic E-state index is 13.8. The molecule has 0 saturated carbocycles. The van der Waals surface area contributed by atoms with Gasteiger partial charge in [0.25, 0.3) is 0 Å². The van der Waals surface area contributed by atoms with Crippen molar-refractivity contribution in [2.45, 2.75) is 13.0 Å². The van der Waals surface area contributed by atoms with Gasteiger partial charge in [-0.25, -0.2) is 9.37 Å². The number of nitrogens with one attached hydrogen (secondary N) is 1. The second kappa shape index (κ2) is 5.68. The summed E-state index contributed by atoms with van der Waals surface area (Å²) >= 11 is 6.00. The molecule has 0 fully saturated rings. The van der Waals surface area contributed by atoms with Gasteiger partial charge in [0, 0.05) is 16.8 Å². The van der Waals surface area contributed by atoms with E-state index in [9.17, 15) is 4.39 Å². The van der Waals surface area contributed by atoms with Crippen molar-refractivity contribution in [1.82, 2.24) is 4.98 Å². The number of anilines is 1. The molecule has 0 spiro atoms. The van der Waals surface area contributed by atoms with Gasteiger partial charge in [-0.1, -0.05) is 17.7 Å². The van der Waals surface area contributed by atoms with E-state index in [-0.39, 0.29) is 5.82 Å². The van der Waals surface area contributed by atoms with Crippen LogP contribution in [0.4, 0.5) is 10.2 Å². The number of aromatic nitrogens is 1. The largest absolute Gasteiger partial charge is 0.362 e. The molecule has 0 aliphatic carbocycles. The summed E-state index contributed by atoms with van der Waals surface area (Å²) in [6.45, 7) is 1.76. The van der Waals surface area contributed by atoms with E-state index < -0.39 is 6.04 Å². The lowest BCUT2D eigenvalue weighted by molar-refractivity contribution is 0.600. The van der Waals surface area contributed by atoms with Gasteiger partial charge in [-0.15, -0.1) is 0 Å². The zero-order chi connectivity index (χ0) is 13.8. The van der Waals surface area contributed by atoms with Crippen molar-refractivity contribution < 1.29 is 4.39 Å². The van der Waals surface area contributed by atoms with Crippen LogP contribution in [0.5, 0.6) is 0 Å². The molecule has 0 saturated heterocycles. The van der Waals surface area contributed by atoms with E-state index in [0.717, 1.165) is 0 Å². The Kier molecular flexibility index (Phi) is 3.98. The second-order valence-corrected chi connectivity index (χ2v) is 4.42. The molecule has 1 N–H and O–H groups in total. The van der Waals surface area contributed by atoms with Crippen molar-refractivity contribution in [2.24, 2.45) is 0 Å². The average molecular weight is 276 g/mol. The topological polar surface area (TPSA) is 48.7 Å². The van der Waals surface area contributed by atoms with Crippen molar-refractivity contribution in [3.8, 4) is 6.07 Å². The van der Waals surface area contributed by atoms with E-state index in [0.29, 0.717) is 22.0 Å². The first-order valence-corrected chi connectivity index (χ1v) is 6.07. The van der Waals surface area contributed by atoms with Crippen LogP contribution in [0.2, 0.25) is 5.02 Å². The molecule has 19 heavy (non-hydrogen) atoms. The quantitative estimate of drug-likeness (QED) is 0.924. The van der Waals surface area contributed by atoms with Crippen molar-refractivity contribution in [3.05, 3.63) is 58.5 Å². The first-order valence-electron chi connectivity index (χ1n) is 5.69. The fourth-order valence-corrected chi connectivity index (χ4v) is 2.14. The van der Waals surface area contributed by atoms with Gasteiger partial charge in [-0.2, -0.15) is 5.26 Å². The van der Waals surface area contributed by atoms with Gasteiger partial charge in [0.05, 0.1) is 11.6 Å². The van der Waals surface area contributed by atoms with Crippen LogP contribution in [0, 0.1) is 17.1 Å². The Morgan fingerprint density at radius 2 is 2.16 bits per heavy atom. The number of hydrogen-bond acceptors (Lipinski definition) is 3. The van der Waals surface area contributed by atoms with Crippen LogP contribution in [0.15, 0.2) is 36.5 Å². The Labute approximate surface area is 115 Å². The fraction of sp³-hybridized carbons (Fsp3) is 0.143. The predicted octanol–water partition coefficient (Wildman–Crippen LogP) is 3.92. The van der Waals surface area contributed by atoms with E-state index in [4.69, 9.17) is 16.9 Å². The van der Waals surface area contributed by atoms with Gasteiger partial charge in [-0.3, -0.25) is 0 Å². The minimum atomic E-state index is -0.393. The summed E-state index contributed by atoms with van der Waals surface area (Å²) in [6.07, 6.45) is 1.57. The van der Waals surface area contributed by atoms with Crippen LogP contribution >= 0.6 is 11.6 Å². The molecule has 1 aromatic heterocycles. The maximum absolute atomic E-state index is 13.8. The number of benzene rings is 1. The summed E-state index contributed by atoms with van der Waals surface area (Å²) in [4.78, 5) is 4.08. The third kappa shape index (κ3) is 2.83. The predicted molar refractivity (Wildman–Crippen MR) is 72.4 cm³/mol. The average Bonchev–Trinajstić information content (AvgIpc) is 2.39. The Balaban J connectivity index is 2.32. The molecule has 2 rings (SSSR count). The highest BCUT2D eigenvalue weighted by atomic mass is 35.5. The molecule has 0 amide bonds. The zero-order valence-corrected chi connectivity index (χ0v) is 10.9. The van der Waals surface area contributed by atoms with E-state index in [1.54, 1.807) is 37.4 Å². The van der Waals surface area contributed by atoms with E-state index in [2.05, 4.69) is 10.3 Å². The lowest BCUT2D eigenvalue weighted by atomic mass is 10.1. The summed E-state index contributed by atoms with van der Waals surface area (Å²) < 4.78 is 13.8. The van der Waals surface area contributed by atoms with Crippen molar-refractivity contribution in [3.63, 3.8) is 0 Å². The normalized spacial score (nSPS) is 11.7. The summed E-state index contributed by atoms with van der Waals surface area (Å²) in [5.74, 6) is 0.0266. The Morgan fingerprint density at radius 1 is 1.37 bits per heavy atom. The van der Waals surface area contributed by atoms with Crippen molar-refractivity contribution in [1.29, 1.82) is 5.26 Å². The van der Waals surface area contributed by atoms with Crippen LogP contribution < -0.4 is 5.32 Å². The third-order valence-corrected chi connectivity index (χ3v) is 3.04. The van der Waals surface area contributed by atoms with E-state index in [1.807, 2.05) is 6.07 Å². The van der Waals surface area contributed by atoms with E-state index in [1.165, 1.54) is 6.07 Å². The minimum absolute atomic E-state index is 0.342. The number of halogens is 2. The van der Waals surface area contributed by atoms with Gasteiger partial charge in [0.2, 0.25) is 0 Å². The Morgan fingerprint density at radius 3 is 2.84 bits per heavy atom. The highest BCUT2D eigenvalue weighted by molar-refractivity contribution is 6.31. The molecule has 0 aliphatic rings. The summed E-state index contributed by atoms with van der Waals surface area (Å²) in [5, 5.41) is 12.3. The highest BCUT2D eigenvalue weighted by Gasteiger charge is 2.16. The standard InChI is InChI=1S/C14H11ClFN3/c1-9(13-11(15)5-2-6-12(13)16)19-14-10(8-17)4-3-7-18-14/h2-7,9H,1H3,(H,18,19). The van der Waals surface area contributed by atoms with Crippen LogP contribution in [0.25, 0.3) is 0 Å². The highest BCUT2D eigenvalue weighted by Crippen LogP contribution is 2.28. The van der Waals surface area contributed by atoms with Crippen molar-refractivity contribution in [2.75, 3.05) is 5.32 Å². The van der Waals surface area contributed by atoms with Crippen LogP contribution in [-0.2, 0) is 0 Å². The Bertz CT molecular complexity index is 617. The molecule has 1 heterocycles. The minimum Gasteiger partial charge on any atom is -0.362 e. The lowest BCUT2D eigenvalue weighted by Crippen LogP contribution is -2.11. The first kappa shape index (κ1) is 13.3. The van der Waals surface area contributed by atoms with Gasteiger partial charge in [0.1, 0.15) is 17.7 Å². The number of hydrogen-bond donors (Lipinski definition) is 1. The van der Waals surface area contributed by atoms with E-state index >= 15 is 0 Å². The Hall–Kier alpha value is -2.12. The van der Waals surface area contributed by atoms with Crippen molar-refractivity contribution >= 4 is 17.4 Å². The molecule has 0 bridgehead atoms. The molecule has 96 valence electrons. The summed E-state index contributed by atoms with van der Waals surface area (Å²) in [6, 6.07) is 9.48. The number of nitriles is 1.